The van der Waals surface area contributed by atoms with Crippen molar-refractivity contribution in [2.45, 2.75) is 25.4 Å². The fourth-order valence-corrected chi connectivity index (χ4v) is 1.85. The van der Waals surface area contributed by atoms with Gasteiger partial charge in [0.2, 0.25) is 5.89 Å². The van der Waals surface area contributed by atoms with Crippen LogP contribution in [-0.4, -0.2) is 27.4 Å². The number of benzene rings is 1. The second-order valence-corrected chi connectivity index (χ2v) is 5.16. The monoisotopic (exact) mass is 281 g/mol. The molecule has 0 saturated heterocycles. The van der Waals surface area contributed by atoms with E-state index in [4.69, 9.17) is 21.9 Å². The van der Waals surface area contributed by atoms with Crippen molar-refractivity contribution >= 4 is 11.6 Å². The van der Waals surface area contributed by atoms with Crippen molar-refractivity contribution in [1.29, 1.82) is 0 Å². The maximum absolute atomic E-state index is 9.85. The SMILES string of the molecule is CC(O)(CN)Cc1nc(Cc2ccccc2Cl)no1. The van der Waals surface area contributed by atoms with Crippen molar-refractivity contribution in [3.05, 3.63) is 46.6 Å². The lowest BCUT2D eigenvalue weighted by Crippen LogP contribution is -2.36. The van der Waals surface area contributed by atoms with Gasteiger partial charge >= 0.3 is 0 Å². The summed E-state index contributed by atoms with van der Waals surface area (Å²) in [6, 6.07) is 7.50. The first-order valence-electron chi connectivity index (χ1n) is 5.97. The third-order valence-corrected chi connectivity index (χ3v) is 3.16. The minimum absolute atomic E-state index is 0.134. The van der Waals surface area contributed by atoms with E-state index >= 15 is 0 Å². The van der Waals surface area contributed by atoms with Crippen LogP contribution in [0.3, 0.4) is 0 Å². The van der Waals surface area contributed by atoms with E-state index in [0.29, 0.717) is 23.2 Å². The molecule has 1 atom stereocenters. The molecule has 2 aromatic rings. The van der Waals surface area contributed by atoms with E-state index in [1.165, 1.54) is 0 Å². The Labute approximate surface area is 116 Å². The molecule has 0 aliphatic rings. The largest absolute Gasteiger partial charge is 0.388 e. The summed E-state index contributed by atoms with van der Waals surface area (Å²) < 4.78 is 5.09. The van der Waals surface area contributed by atoms with Crippen LogP contribution in [-0.2, 0) is 12.8 Å². The van der Waals surface area contributed by atoms with Crippen LogP contribution in [0.5, 0.6) is 0 Å². The fraction of sp³-hybridized carbons (Fsp3) is 0.385. The number of nitrogens with two attached hydrogens (primary N) is 1. The molecule has 1 heterocycles. The van der Waals surface area contributed by atoms with Gasteiger partial charge in [0.1, 0.15) is 0 Å². The number of halogens is 1. The minimum atomic E-state index is -1.03. The van der Waals surface area contributed by atoms with Crippen molar-refractivity contribution in [3.8, 4) is 0 Å². The molecule has 0 saturated carbocycles. The zero-order chi connectivity index (χ0) is 13.9. The predicted octanol–water partition coefficient (Wildman–Crippen LogP) is 1.57. The molecule has 1 aromatic heterocycles. The molecule has 0 aliphatic heterocycles. The predicted molar refractivity (Wildman–Crippen MR) is 71.9 cm³/mol. The molecule has 3 N–H and O–H groups in total. The quantitative estimate of drug-likeness (QED) is 0.869. The molecule has 6 heteroatoms. The molecular formula is C13H16ClN3O2. The molecular weight excluding hydrogens is 266 g/mol. The highest BCUT2D eigenvalue weighted by molar-refractivity contribution is 6.31. The first-order chi connectivity index (χ1) is 9.00. The Kier molecular flexibility index (Phi) is 4.19. The summed E-state index contributed by atoms with van der Waals surface area (Å²) in [6.07, 6.45) is 0.729. The molecule has 1 aromatic carbocycles. The van der Waals surface area contributed by atoms with Gasteiger partial charge in [0, 0.05) is 18.0 Å². The number of aliphatic hydroxyl groups is 1. The van der Waals surface area contributed by atoms with Crippen molar-refractivity contribution in [2.24, 2.45) is 5.73 Å². The smallest absolute Gasteiger partial charge is 0.229 e. The third kappa shape index (κ3) is 3.76. The molecule has 2 rings (SSSR count). The van der Waals surface area contributed by atoms with Crippen molar-refractivity contribution in [3.63, 3.8) is 0 Å². The number of nitrogens with zero attached hydrogens (tertiary/aromatic N) is 2. The lowest BCUT2D eigenvalue weighted by Gasteiger charge is -2.17. The number of hydrogen-bond acceptors (Lipinski definition) is 5. The lowest BCUT2D eigenvalue weighted by molar-refractivity contribution is 0.0610. The summed E-state index contributed by atoms with van der Waals surface area (Å²) in [6.45, 7) is 1.76. The van der Waals surface area contributed by atoms with Gasteiger partial charge in [0.05, 0.1) is 12.0 Å². The molecule has 0 radical (unpaired) electrons. The van der Waals surface area contributed by atoms with Crippen LogP contribution in [0.25, 0.3) is 0 Å². The van der Waals surface area contributed by atoms with Crippen LogP contribution < -0.4 is 5.73 Å². The zero-order valence-corrected chi connectivity index (χ0v) is 11.4. The minimum Gasteiger partial charge on any atom is -0.388 e. The van der Waals surface area contributed by atoms with Gasteiger partial charge in [-0.3, -0.25) is 0 Å². The van der Waals surface area contributed by atoms with E-state index in [1.54, 1.807) is 6.92 Å². The van der Waals surface area contributed by atoms with Gasteiger partial charge in [-0.05, 0) is 18.6 Å². The maximum atomic E-state index is 9.85. The zero-order valence-electron chi connectivity index (χ0n) is 10.6. The lowest BCUT2D eigenvalue weighted by atomic mass is 10.0. The Bertz CT molecular complexity index is 554. The Hall–Kier alpha value is -1.43. The average molecular weight is 282 g/mol. The van der Waals surface area contributed by atoms with Gasteiger partial charge in [-0.2, -0.15) is 4.98 Å². The average Bonchev–Trinajstić information content (AvgIpc) is 2.79. The van der Waals surface area contributed by atoms with E-state index in [-0.39, 0.29) is 13.0 Å². The standard InChI is InChI=1S/C13H16ClN3O2/c1-13(18,8-15)7-12-16-11(17-19-12)6-9-4-2-3-5-10(9)14/h2-5,18H,6-8,15H2,1H3. The molecule has 0 spiro atoms. The summed E-state index contributed by atoms with van der Waals surface area (Å²) >= 11 is 6.07. The summed E-state index contributed by atoms with van der Waals surface area (Å²) in [5, 5.41) is 14.4. The van der Waals surface area contributed by atoms with Crippen LogP contribution in [0.2, 0.25) is 5.02 Å². The molecule has 0 bridgehead atoms. The number of aromatic nitrogens is 2. The van der Waals surface area contributed by atoms with Crippen molar-refractivity contribution < 1.29 is 9.63 Å². The van der Waals surface area contributed by atoms with Crippen molar-refractivity contribution in [1.82, 2.24) is 10.1 Å². The van der Waals surface area contributed by atoms with Gasteiger partial charge < -0.3 is 15.4 Å². The number of hydrogen-bond donors (Lipinski definition) is 2. The van der Waals surface area contributed by atoms with Crippen LogP contribution in [0.1, 0.15) is 24.2 Å². The molecule has 5 nitrogen and oxygen atoms in total. The van der Waals surface area contributed by atoms with Crippen LogP contribution in [0, 0.1) is 0 Å². The van der Waals surface area contributed by atoms with E-state index in [2.05, 4.69) is 10.1 Å². The Morgan fingerprint density at radius 2 is 2.16 bits per heavy atom. The summed E-state index contributed by atoms with van der Waals surface area (Å²) in [7, 11) is 0. The summed E-state index contributed by atoms with van der Waals surface area (Å²) in [5.74, 6) is 0.911. The van der Waals surface area contributed by atoms with Gasteiger partial charge in [0.15, 0.2) is 5.82 Å². The summed E-state index contributed by atoms with van der Waals surface area (Å²) in [4.78, 5) is 4.23. The molecule has 0 aliphatic carbocycles. The Morgan fingerprint density at radius 1 is 1.42 bits per heavy atom. The topological polar surface area (TPSA) is 85.2 Å². The van der Waals surface area contributed by atoms with Crippen LogP contribution in [0.15, 0.2) is 28.8 Å². The van der Waals surface area contributed by atoms with Gasteiger partial charge in [-0.15, -0.1) is 0 Å². The highest BCUT2D eigenvalue weighted by Gasteiger charge is 2.22. The maximum Gasteiger partial charge on any atom is 0.229 e. The molecule has 0 amide bonds. The Morgan fingerprint density at radius 3 is 2.84 bits per heavy atom. The molecule has 102 valence electrons. The van der Waals surface area contributed by atoms with Gasteiger partial charge in [-0.25, -0.2) is 0 Å². The summed E-state index contributed by atoms with van der Waals surface area (Å²) in [5.41, 5.74) is 5.35. The first-order valence-corrected chi connectivity index (χ1v) is 6.35. The highest BCUT2D eigenvalue weighted by atomic mass is 35.5. The third-order valence-electron chi connectivity index (χ3n) is 2.79. The van der Waals surface area contributed by atoms with Crippen LogP contribution >= 0.6 is 11.6 Å². The molecule has 0 fully saturated rings. The normalized spacial score (nSPS) is 14.3. The van der Waals surface area contributed by atoms with Gasteiger partial charge in [-0.1, -0.05) is 35.0 Å². The fourth-order valence-electron chi connectivity index (χ4n) is 1.64. The molecule has 19 heavy (non-hydrogen) atoms. The van der Waals surface area contributed by atoms with Crippen LogP contribution in [0.4, 0.5) is 0 Å². The van der Waals surface area contributed by atoms with Crippen molar-refractivity contribution in [2.75, 3.05) is 6.54 Å². The second-order valence-electron chi connectivity index (χ2n) is 4.75. The first kappa shape index (κ1) is 14.0. The van der Waals surface area contributed by atoms with E-state index in [9.17, 15) is 5.11 Å². The van der Waals surface area contributed by atoms with Gasteiger partial charge in [0.25, 0.3) is 0 Å². The molecule has 1 unspecified atom stereocenters. The van der Waals surface area contributed by atoms with E-state index in [0.717, 1.165) is 5.56 Å². The number of rotatable bonds is 5. The highest BCUT2D eigenvalue weighted by Crippen LogP contribution is 2.18. The van der Waals surface area contributed by atoms with E-state index < -0.39 is 5.60 Å². The second kappa shape index (κ2) is 5.69. The van der Waals surface area contributed by atoms with E-state index in [1.807, 2.05) is 24.3 Å². The Balaban J connectivity index is 2.08.